The highest BCUT2D eigenvalue weighted by atomic mass is 127. The van der Waals surface area contributed by atoms with Gasteiger partial charge in [0.15, 0.2) is 11.7 Å². The van der Waals surface area contributed by atoms with Gasteiger partial charge in [0.05, 0.1) is 6.61 Å². The molecule has 4 N–H and O–H groups in total. The number of guanidine groups is 1. The minimum atomic E-state index is -0.569. The molecule has 0 atom stereocenters. The number of likely N-dealkylation sites (tertiary alicyclic amines) is 1. The molecule has 8 nitrogen and oxygen atoms in total. The number of nitrogens with two attached hydrogens (primary N) is 1. The Morgan fingerprint density at radius 3 is 2.73 bits per heavy atom. The Morgan fingerprint density at radius 1 is 1.42 bits per heavy atom. The molecule has 1 aromatic rings. The molecule has 1 aromatic heterocycles. The highest BCUT2D eigenvalue weighted by Crippen LogP contribution is 2.11. The largest absolute Gasteiger partial charge is 0.454 e. The van der Waals surface area contributed by atoms with Crippen molar-refractivity contribution in [2.75, 3.05) is 39.9 Å². The highest BCUT2D eigenvalue weighted by molar-refractivity contribution is 14.0. The molecule has 0 spiro atoms. The molecule has 0 radical (unpaired) electrons. The molecular weight excluding hydrogens is 449 g/mol. The van der Waals surface area contributed by atoms with E-state index in [9.17, 15) is 4.79 Å². The van der Waals surface area contributed by atoms with Crippen molar-refractivity contribution in [3.05, 3.63) is 23.7 Å². The van der Waals surface area contributed by atoms with Gasteiger partial charge in [0, 0.05) is 39.3 Å². The number of amides is 1. The van der Waals surface area contributed by atoms with Gasteiger partial charge in [0.25, 0.3) is 5.91 Å². The predicted molar refractivity (Wildman–Crippen MR) is 112 cm³/mol. The van der Waals surface area contributed by atoms with Crippen LogP contribution in [0.1, 0.15) is 36.1 Å². The Kier molecular flexibility index (Phi) is 10.6. The van der Waals surface area contributed by atoms with Crippen molar-refractivity contribution in [2.45, 2.75) is 32.4 Å². The Balaban J connectivity index is 0.00000338. The maximum Gasteiger partial charge on any atom is 0.284 e. The van der Waals surface area contributed by atoms with Crippen LogP contribution in [0.3, 0.4) is 0 Å². The molecule has 1 aliphatic rings. The lowest BCUT2D eigenvalue weighted by atomic mass is 10.1. The van der Waals surface area contributed by atoms with Crippen molar-refractivity contribution in [2.24, 2.45) is 10.7 Å². The number of rotatable bonds is 8. The third kappa shape index (κ3) is 7.50. The third-order valence-corrected chi connectivity index (χ3v) is 4.18. The van der Waals surface area contributed by atoms with Gasteiger partial charge in [-0.05, 0) is 31.9 Å². The minimum absolute atomic E-state index is 0. The maximum absolute atomic E-state index is 11.1. The molecule has 0 saturated carbocycles. The fraction of sp³-hybridized carbons (Fsp3) is 0.647. The van der Waals surface area contributed by atoms with Gasteiger partial charge < -0.3 is 30.4 Å². The first-order valence-electron chi connectivity index (χ1n) is 8.77. The van der Waals surface area contributed by atoms with Gasteiger partial charge in [-0.1, -0.05) is 0 Å². The first-order chi connectivity index (χ1) is 12.1. The van der Waals surface area contributed by atoms with Crippen LogP contribution in [0, 0.1) is 0 Å². The van der Waals surface area contributed by atoms with E-state index in [2.05, 4.69) is 20.5 Å². The summed E-state index contributed by atoms with van der Waals surface area (Å²) in [7, 11) is 1.73. The fourth-order valence-corrected chi connectivity index (χ4v) is 2.79. The second kappa shape index (κ2) is 12.1. The van der Waals surface area contributed by atoms with Crippen LogP contribution in [-0.2, 0) is 11.3 Å². The van der Waals surface area contributed by atoms with Crippen molar-refractivity contribution in [3.63, 3.8) is 0 Å². The van der Waals surface area contributed by atoms with Crippen LogP contribution in [-0.4, -0.2) is 62.7 Å². The van der Waals surface area contributed by atoms with Gasteiger partial charge in [0.2, 0.25) is 0 Å². The zero-order chi connectivity index (χ0) is 18.1. The number of carbonyl (C=O) groups excluding carboxylic acids is 1. The quantitative estimate of drug-likeness (QED) is 0.294. The summed E-state index contributed by atoms with van der Waals surface area (Å²) in [6.45, 7) is 7.04. The second-order valence-corrected chi connectivity index (χ2v) is 6.08. The van der Waals surface area contributed by atoms with E-state index in [-0.39, 0.29) is 29.7 Å². The molecule has 0 aliphatic carbocycles. The smallest absolute Gasteiger partial charge is 0.284 e. The van der Waals surface area contributed by atoms with E-state index >= 15 is 0 Å². The number of hydrogen-bond acceptors (Lipinski definition) is 5. The molecule has 1 saturated heterocycles. The van der Waals surface area contributed by atoms with Gasteiger partial charge in [-0.2, -0.15) is 0 Å². The molecule has 2 heterocycles. The number of aliphatic imine (C=N–C) groups is 1. The standard InChI is InChI=1S/C17H29N5O3.HI/c1-3-19-17(20-12-14-4-5-15(25-14)16(18)23)21-13-6-8-22(9-7-13)10-11-24-2;/h4-5,13H,3,6-12H2,1-2H3,(H2,18,23)(H2,19,20,21);1H. The Hall–Kier alpha value is -1.33. The molecular formula is C17H30IN5O3. The van der Waals surface area contributed by atoms with E-state index < -0.39 is 5.91 Å². The summed E-state index contributed by atoms with van der Waals surface area (Å²) in [6.07, 6.45) is 2.14. The number of halogens is 1. The number of hydrogen-bond donors (Lipinski definition) is 3. The second-order valence-electron chi connectivity index (χ2n) is 6.08. The zero-order valence-electron chi connectivity index (χ0n) is 15.5. The average molecular weight is 479 g/mol. The fourth-order valence-electron chi connectivity index (χ4n) is 2.79. The van der Waals surface area contributed by atoms with Gasteiger partial charge in [0.1, 0.15) is 12.3 Å². The number of nitrogens with zero attached hydrogens (tertiary/aromatic N) is 2. The van der Waals surface area contributed by atoms with E-state index in [1.54, 1.807) is 19.2 Å². The van der Waals surface area contributed by atoms with Crippen molar-refractivity contribution < 1.29 is 13.9 Å². The van der Waals surface area contributed by atoms with Crippen LogP contribution in [0.5, 0.6) is 0 Å². The van der Waals surface area contributed by atoms with Gasteiger partial charge >= 0.3 is 0 Å². The van der Waals surface area contributed by atoms with Gasteiger partial charge in [-0.25, -0.2) is 4.99 Å². The third-order valence-electron chi connectivity index (χ3n) is 4.18. The number of piperidine rings is 1. The van der Waals surface area contributed by atoms with Crippen molar-refractivity contribution in [1.29, 1.82) is 0 Å². The van der Waals surface area contributed by atoms with Crippen molar-refractivity contribution >= 4 is 35.8 Å². The molecule has 1 aliphatic heterocycles. The van der Waals surface area contributed by atoms with Crippen LogP contribution in [0.2, 0.25) is 0 Å². The lowest BCUT2D eigenvalue weighted by Crippen LogP contribution is -2.49. The zero-order valence-corrected chi connectivity index (χ0v) is 17.8. The first-order valence-corrected chi connectivity index (χ1v) is 8.77. The summed E-state index contributed by atoms with van der Waals surface area (Å²) in [5.74, 6) is 0.960. The summed E-state index contributed by atoms with van der Waals surface area (Å²) in [4.78, 5) is 18.0. The van der Waals surface area contributed by atoms with Crippen molar-refractivity contribution in [1.82, 2.24) is 15.5 Å². The summed E-state index contributed by atoms with van der Waals surface area (Å²) in [5.41, 5.74) is 5.19. The molecule has 0 aromatic carbocycles. The topological polar surface area (TPSA) is 105 Å². The number of methoxy groups -OCH3 is 1. The van der Waals surface area contributed by atoms with Crippen LogP contribution in [0.15, 0.2) is 21.5 Å². The number of furan rings is 1. The van der Waals surface area contributed by atoms with Gasteiger partial charge in [-0.3, -0.25) is 4.79 Å². The van der Waals surface area contributed by atoms with E-state index in [1.165, 1.54) is 0 Å². The Morgan fingerprint density at radius 2 is 2.15 bits per heavy atom. The van der Waals surface area contributed by atoms with Crippen molar-refractivity contribution in [3.8, 4) is 0 Å². The molecule has 1 fully saturated rings. The average Bonchev–Trinajstić information content (AvgIpc) is 3.08. The first kappa shape index (κ1) is 22.7. The number of nitrogens with one attached hydrogen (secondary N) is 2. The summed E-state index contributed by atoms with van der Waals surface area (Å²) < 4.78 is 10.5. The van der Waals surface area contributed by atoms with E-state index in [1.807, 2.05) is 6.92 Å². The lowest BCUT2D eigenvalue weighted by molar-refractivity contribution is 0.0972. The molecule has 9 heteroatoms. The highest BCUT2D eigenvalue weighted by Gasteiger charge is 2.19. The van der Waals surface area contributed by atoms with Crippen LogP contribution in [0.25, 0.3) is 0 Å². The summed E-state index contributed by atoms with van der Waals surface area (Å²) >= 11 is 0. The monoisotopic (exact) mass is 479 g/mol. The SMILES string of the molecule is CCNC(=NCc1ccc(C(N)=O)o1)NC1CCN(CCOC)CC1.I. The van der Waals surface area contributed by atoms with E-state index in [4.69, 9.17) is 14.9 Å². The number of ether oxygens (including phenoxy) is 1. The molecule has 2 rings (SSSR count). The van der Waals surface area contributed by atoms with Crippen LogP contribution < -0.4 is 16.4 Å². The molecule has 148 valence electrons. The molecule has 1 amide bonds. The normalized spacial score (nSPS) is 16.2. The minimum Gasteiger partial charge on any atom is -0.454 e. The number of primary amides is 1. The summed E-state index contributed by atoms with van der Waals surface area (Å²) in [5, 5.41) is 6.73. The molecule has 26 heavy (non-hydrogen) atoms. The lowest BCUT2D eigenvalue weighted by Gasteiger charge is -2.32. The van der Waals surface area contributed by atoms with Crippen LogP contribution >= 0.6 is 24.0 Å². The van der Waals surface area contributed by atoms with E-state index in [0.29, 0.717) is 18.3 Å². The van der Waals surface area contributed by atoms with E-state index in [0.717, 1.165) is 51.6 Å². The Labute approximate surface area is 171 Å². The number of carbonyl (C=O) groups is 1. The summed E-state index contributed by atoms with van der Waals surface area (Å²) in [6, 6.07) is 3.69. The van der Waals surface area contributed by atoms with Crippen LogP contribution in [0.4, 0.5) is 0 Å². The predicted octanol–water partition coefficient (Wildman–Crippen LogP) is 1.16. The molecule has 0 unspecified atom stereocenters. The van der Waals surface area contributed by atoms with Gasteiger partial charge in [-0.15, -0.1) is 24.0 Å². The Bertz CT molecular complexity index is 570. The molecule has 0 bridgehead atoms. The maximum atomic E-state index is 11.1.